The minimum absolute atomic E-state index is 0.00351. The molecule has 4 nitrogen and oxygen atoms in total. The van der Waals surface area contributed by atoms with E-state index in [4.69, 9.17) is 21.1 Å². The molecule has 3 rings (SSSR count). The third kappa shape index (κ3) is 2.76. The molecule has 5 heteroatoms. The zero-order chi connectivity index (χ0) is 14.8. The summed E-state index contributed by atoms with van der Waals surface area (Å²) in [4.78, 5) is 15.1. The van der Waals surface area contributed by atoms with Crippen LogP contribution < -0.4 is 0 Å². The molecule has 2 aromatic rings. The Morgan fingerprint density at radius 1 is 1.33 bits per heavy atom. The molecule has 1 heterocycles. The Labute approximate surface area is 126 Å². The SMILES string of the molecule is O=C(O)c1ccc(-c2ncc(C3CC=CC=C3Cl)o2)cc1. The van der Waals surface area contributed by atoms with Crippen molar-refractivity contribution in [3.63, 3.8) is 0 Å². The summed E-state index contributed by atoms with van der Waals surface area (Å²) in [5, 5.41) is 9.61. The molecule has 0 spiro atoms. The largest absolute Gasteiger partial charge is 0.478 e. The number of nitrogens with zero attached hydrogens (tertiary/aromatic N) is 1. The Morgan fingerprint density at radius 3 is 2.76 bits per heavy atom. The van der Waals surface area contributed by atoms with Crippen LogP contribution in [-0.2, 0) is 0 Å². The van der Waals surface area contributed by atoms with E-state index in [0.29, 0.717) is 11.7 Å². The van der Waals surface area contributed by atoms with Gasteiger partial charge in [-0.15, -0.1) is 0 Å². The van der Waals surface area contributed by atoms with E-state index < -0.39 is 5.97 Å². The Balaban J connectivity index is 1.86. The predicted octanol–water partition coefficient (Wildman–Crippen LogP) is 4.21. The summed E-state index contributed by atoms with van der Waals surface area (Å²) in [6.45, 7) is 0. The van der Waals surface area contributed by atoms with Crippen molar-refractivity contribution < 1.29 is 14.3 Å². The van der Waals surface area contributed by atoms with Crippen molar-refractivity contribution in [3.8, 4) is 11.5 Å². The number of benzene rings is 1. The predicted molar refractivity (Wildman–Crippen MR) is 79.3 cm³/mol. The fourth-order valence-corrected chi connectivity index (χ4v) is 2.46. The first kappa shape index (κ1) is 13.6. The molecule has 0 saturated carbocycles. The molecule has 0 radical (unpaired) electrons. The van der Waals surface area contributed by atoms with Crippen molar-refractivity contribution in [2.45, 2.75) is 12.3 Å². The molecule has 1 aliphatic rings. The second-order valence-electron chi connectivity index (χ2n) is 4.72. The summed E-state index contributed by atoms with van der Waals surface area (Å²) < 4.78 is 5.76. The average Bonchev–Trinajstić information content (AvgIpc) is 2.97. The number of allylic oxidation sites excluding steroid dienone is 4. The summed E-state index contributed by atoms with van der Waals surface area (Å²) >= 11 is 6.18. The van der Waals surface area contributed by atoms with Crippen LogP contribution in [0.25, 0.3) is 11.5 Å². The Bertz CT molecular complexity index is 728. The van der Waals surface area contributed by atoms with E-state index in [0.717, 1.165) is 17.0 Å². The van der Waals surface area contributed by atoms with Gasteiger partial charge < -0.3 is 9.52 Å². The highest BCUT2D eigenvalue weighted by molar-refractivity contribution is 6.30. The minimum Gasteiger partial charge on any atom is -0.478 e. The Morgan fingerprint density at radius 2 is 2.10 bits per heavy atom. The van der Waals surface area contributed by atoms with Crippen LogP contribution in [-0.4, -0.2) is 16.1 Å². The van der Waals surface area contributed by atoms with Gasteiger partial charge in [0.05, 0.1) is 17.7 Å². The van der Waals surface area contributed by atoms with Crippen molar-refractivity contribution in [3.05, 3.63) is 65.0 Å². The summed E-state index contributed by atoms with van der Waals surface area (Å²) in [7, 11) is 0. The number of oxazole rings is 1. The highest BCUT2D eigenvalue weighted by Gasteiger charge is 2.20. The topological polar surface area (TPSA) is 63.3 Å². The van der Waals surface area contributed by atoms with Crippen LogP contribution in [0, 0.1) is 0 Å². The lowest BCUT2D eigenvalue weighted by atomic mass is 9.98. The summed E-state index contributed by atoms with van der Waals surface area (Å²) in [5.41, 5.74) is 0.964. The number of hydrogen-bond donors (Lipinski definition) is 1. The van der Waals surface area contributed by atoms with Gasteiger partial charge in [0.1, 0.15) is 5.76 Å². The van der Waals surface area contributed by atoms with Gasteiger partial charge in [-0.2, -0.15) is 0 Å². The van der Waals surface area contributed by atoms with Crippen molar-refractivity contribution in [2.24, 2.45) is 0 Å². The number of carbonyl (C=O) groups is 1. The van der Waals surface area contributed by atoms with Crippen LogP contribution in [0.1, 0.15) is 28.5 Å². The van der Waals surface area contributed by atoms with Crippen LogP contribution in [0.3, 0.4) is 0 Å². The van der Waals surface area contributed by atoms with Crippen molar-refractivity contribution >= 4 is 17.6 Å². The summed E-state index contributed by atoms with van der Waals surface area (Å²) in [6, 6.07) is 6.41. The molecule has 1 aromatic carbocycles. The van der Waals surface area contributed by atoms with E-state index in [1.54, 1.807) is 18.3 Å². The molecular formula is C16H12ClNO3. The lowest BCUT2D eigenvalue weighted by Gasteiger charge is -2.13. The van der Waals surface area contributed by atoms with Crippen LogP contribution >= 0.6 is 11.6 Å². The van der Waals surface area contributed by atoms with Crippen molar-refractivity contribution in [2.75, 3.05) is 0 Å². The zero-order valence-electron chi connectivity index (χ0n) is 11.0. The Hall–Kier alpha value is -2.33. The molecule has 1 atom stereocenters. The molecule has 1 aromatic heterocycles. The van der Waals surface area contributed by atoms with Gasteiger partial charge in [-0.1, -0.05) is 23.8 Å². The van der Waals surface area contributed by atoms with Crippen LogP contribution in [0.2, 0.25) is 0 Å². The highest BCUT2D eigenvalue weighted by Crippen LogP contribution is 2.35. The second kappa shape index (κ2) is 5.58. The third-order valence-electron chi connectivity index (χ3n) is 3.34. The highest BCUT2D eigenvalue weighted by atomic mass is 35.5. The number of hydrogen-bond acceptors (Lipinski definition) is 3. The molecule has 0 bridgehead atoms. The fourth-order valence-electron chi connectivity index (χ4n) is 2.19. The van der Waals surface area contributed by atoms with E-state index in [-0.39, 0.29) is 11.5 Å². The first-order valence-corrected chi connectivity index (χ1v) is 6.84. The summed E-state index contributed by atoms with van der Waals surface area (Å²) in [5.74, 6) is 0.204. The second-order valence-corrected chi connectivity index (χ2v) is 5.15. The monoisotopic (exact) mass is 301 g/mol. The van der Waals surface area contributed by atoms with Crippen LogP contribution in [0.4, 0.5) is 0 Å². The molecular weight excluding hydrogens is 290 g/mol. The van der Waals surface area contributed by atoms with Gasteiger partial charge in [0.2, 0.25) is 5.89 Å². The molecule has 0 amide bonds. The summed E-state index contributed by atoms with van der Waals surface area (Å²) in [6.07, 6.45) is 8.24. The van der Waals surface area contributed by atoms with Gasteiger partial charge in [-0.3, -0.25) is 0 Å². The van der Waals surface area contributed by atoms with E-state index >= 15 is 0 Å². The first-order chi connectivity index (χ1) is 10.1. The standard InChI is InChI=1S/C16H12ClNO3/c17-13-4-2-1-3-12(13)14-9-18-15(21-14)10-5-7-11(8-6-10)16(19)20/h1-2,4-9,12H,3H2,(H,19,20). The maximum absolute atomic E-state index is 10.8. The molecule has 21 heavy (non-hydrogen) atoms. The average molecular weight is 302 g/mol. The number of carboxylic acids is 1. The van der Waals surface area contributed by atoms with Crippen LogP contribution in [0.15, 0.2) is 58.1 Å². The normalized spacial score (nSPS) is 17.6. The van der Waals surface area contributed by atoms with E-state index in [1.807, 2.05) is 18.2 Å². The van der Waals surface area contributed by atoms with E-state index in [2.05, 4.69) is 4.98 Å². The number of carboxylic acid groups (broad SMARTS) is 1. The van der Waals surface area contributed by atoms with Gasteiger partial charge in [0, 0.05) is 10.6 Å². The van der Waals surface area contributed by atoms with Gasteiger partial charge in [0.25, 0.3) is 0 Å². The molecule has 106 valence electrons. The minimum atomic E-state index is -0.958. The van der Waals surface area contributed by atoms with Crippen LogP contribution in [0.5, 0.6) is 0 Å². The lowest BCUT2D eigenvalue weighted by Crippen LogP contribution is -1.98. The number of halogens is 1. The zero-order valence-corrected chi connectivity index (χ0v) is 11.7. The number of aromatic nitrogens is 1. The van der Waals surface area contributed by atoms with Crippen molar-refractivity contribution in [1.82, 2.24) is 4.98 Å². The molecule has 1 unspecified atom stereocenters. The number of aromatic carboxylic acids is 1. The first-order valence-electron chi connectivity index (χ1n) is 6.47. The number of rotatable bonds is 3. The van der Waals surface area contributed by atoms with Gasteiger partial charge >= 0.3 is 5.97 Å². The quantitative estimate of drug-likeness (QED) is 0.922. The third-order valence-corrected chi connectivity index (χ3v) is 3.73. The van der Waals surface area contributed by atoms with Gasteiger partial charge in [-0.25, -0.2) is 9.78 Å². The lowest BCUT2D eigenvalue weighted by molar-refractivity contribution is 0.0697. The smallest absolute Gasteiger partial charge is 0.335 e. The maximum atomic E-state index is 10.8. The molecule has 0 aliphatic heterocycles. The molecule has 1 aliphatic carbocycles. The van der Waals surface area contributed by atoms with E-state index in [1.165, 1.54) is 12.1 Å². The van der Waals surface area contributed by atoms with Gasteiger partial charge in [-0.05, 0) is 36.8 Å². The maximum Gasteiger partial charge on any atom is 0.335 e. The molecule has 1 N–H and O–H groups in total. The molecule has 0 saturated heterocycles. The molecule has 0 fully saturated rings. The van der Waals surface area contributed by atoms with Crippen molar-refractivity contribution in [1.29, 1.82) is 0 Å². The van der Waals surface area contributed by atoms with E-state index in [9.17, 15) is 4.79 Å². The Kier molecular flexibility index (Phi) is 3.62. The van der Waals surface area contributed by atoms with Gasteiger partial charge in [0.15, 0.2) is 0 Å². The fraction of sp³-hybridized carbons (Fsp3) is 0.125.